The average Bonchev–Trinajstić information content (AvgIpc) is 3.16. The molecule has 1 aliphatic rings. The quantitative estimate of drug-likeness (QED) is 0.469. The first-order valence-electron chi connectivity index (χ1n) is 9.42. The number of Topliss-reactive ketones (excluding diaryl/α,β-unsaturated/α-hetero) is 1. The van der Waals surface area contributed by atoms with Crippen molar-refractivity contribution in [3.8, 4) is 0 Å². The predicted molar refractivity (Wildman–Crippen MR) is 106 cm³/mol. The van der Waals surface area contributed by atoms with Gasteiger partial charge in [-0.3, -0.25) is 9.59 Å². The highest BCUT2D eigenvalue weighted by Gasteiger charge is 2.47. The Morgan fingerprint density at radius 3 is 2.46 bits per heavy atom. The van der Waals surface area contributed by atoms with E-state index in [-0.39, 0.29) is 11.3 Å². The zero-order chi connectivity index (χ0) is 20.6. The number of rotatable bonds is 5. The molecular formula is C22H27N2O4+. The maximum absolute atomic E-state index is 12.9. The van der Waals surface area contributed by atoms with Crippen molar-refractivity contribution in [1.29, 1.82) is 0 Å². The van der Waals surface area contributed by atoms with Crippen molar-refractivity contribution in [2.45, 2.75) is 26.8 Å². The van der Waals surface area contributed by atoms with E-state index in [0.29, 0.717) is 30.2 Å². The number of nitrogens with zero attached hydrogens (tertiary/aromatic N) is 1. The third kappa shape index (κ3) is 3.60. The Morgan fingerprint density at radius 2 is 1.86 bits per heavy atom. The van der Waals surface area contributed by atoms with Gasteiger partial charge in [-0.15, -0.1) is 0 Å². The minimum Gasteiger partial charge on any atom is -0.507 e. The SMILES string of the molecule is Cc1ccc(C)c(C(O)=C2C(=O)C(=O)N(CC[NH+](C)C)C2c2ccc(C)o2)c1. The van der Waals surface area contributed by atoms with Gasteiger partial charge in [0.1, 0.15) is 23.3 Å². The summed E-state index contributed by atoms with van der Waals surface area (Å²) in [5.41, 5.74) is 2.44. The second-order valence-corrected chi connectivity index (χ2v) is 7.72. The number of furan rings is 1. The van der Waals surface area contributed by atoms with Crippen LogP contribution >= 0.6 is 0 Å². The molecule has 2 heterocycles. The van der Waals surface area contributed by atoms with Gasteiger partial charge in [-0.1, -0.05) is 17.7 Å². The fourth-order valence-electron chi connectivity index (χ4n) is 3.49. The van der Waals surface area contributed by atoms with E-state index < -0.39 is 17.7 Å². The van der Waals surface area contributed by atoms with Crippen molar-refractivity contribution in [2.24, 2.45) is 0 Å². The minimum atomic E-state index is -0.729. The number of likely N-dealkylation sites (N-methyl/N-ethyl adjacent to an activating group) is 1. The second-order valence-electron chi connectivity index (χ2n) is 7.72. The standard InChI is InChI=1S/C22H26N2O4/c1-13-6-7-14(2)16(12-13)20(25)18-19(17-9-8-15(3)28-17)24(11-10-23(4)5)22(27)21(18)26/h6-9,12,19,25H,10-11H2,1-5H3/p+1. The van der Waals surface area contributed by atoms with E-state index in [1.54, 1.807) is 12.1 Å². The molecule has 0 bridgehead atoms. The molecule has 6 nitrogen and oxygen atoms in total. The number of hydrogen-bond acceptors (Lipinski definition) is 4. The van der Waals surface area contributed by atoms with E-state index in [1.165, 1.54) is 4.90 Å². The van der Waals surface area contributed by atoms with Gasteiger partial charge in [-0.05, 0) is 44.5 Å². The van der Waals surface area contributed by atoms with Gasteiger partial charge in [0.05, 0.1) is 32.8 Å². The molecule has 2 N–H and O–H groups in total. The molecule has 1 unspecified atom stereocenters. The van der Waals surface area contributed by atoms with Crippen molar-refractivity contribution in [3.63, 3.8) is 0 Å². The highest BCUT2D eigenvalue weighted by Crippen LogP contribution is 2.40. The predicted octanol–water partition coefficient (Wildman–Crippen LogP) is 1.77. The number of likely N-dealkylation sites (tertiary alicyclic amines) is 1. The van der Waals surface area contributed by atoms with Crippen LogP contribution < -0.4 is 4.90 Å². The molecule has 1 aromatic heterocycles. The summed E-state index contributed by atoms with van der Waals surface area (Å²) in [6.45, 7) is 6.66. The summed E-state index contributed by atoms with van der Waals surface area (Å²) in [7, 11) is 3.97. The van der Waals surface area contributed by atoms with Crippen LogP contribution in [0.4, 0.5) is 0 Å². The van der Waals surface area contributed by atoms with Gasteiger partial charge in [0, 0.05) is 5.56 Å². The Bertz CT molecular complexity index is 955. The first-order chi connectivity index (χ1) is 13.2. The van der Waals surface area contributed by atoms with E-state index in [9.17, 15) is 14.7 Å². The Hall–Kier alpha value is -2.86. The number of nitrogens with one attached hydrogen (secondary N) is 1. The summed E-state index contributed by atoms with van der Waals surface area (Å²) in [6.07, 6.45) is 0. The van der Waals surface area contributed by atoms with Crippen molar-refractivity contribution in [2.75, 3.05) is 27.2 Å². The van der Waals surface area contributed by atoms with Crippen LogP contribution in [-0.4, -0.2) is 48.9 Å². The molecule has 3 rings (SSSR count). The minimum absolute atomic E-state index is 0.0850. The monoisotopic (exact) mass is 383 g/mol. The number of aliphatic hydroxyl groups excluding tert-OH is 1. The third-order valence-corrected chi connectivity index (χ3v) is 5.07. The fraction of sp³-hybridized carbons (Fsp3) is 0.364. The summed E-state index contributed by atoms with van der Waals surface area (Å²) in [6, 6.07) is 8.49. The first kappa shape index (κ1) is 19.9. The number of hydrogen-bond donors (Lipinski definition) is 2. The van der Waals surface area contributed by atoms with Gasteiger partial charge < -0.3 is 19.3 Å². The number of quaternary nitrogens is 1. The molecule has 6 heteroatoms. The highest BCUT2D eigenvalue weighted by molar-refractivity contribution is 6.46. The van der Waals surface area contributed by atoms with E-state index in [2.05, 4.69) is 0 Å². The van der Waals surface area contributed by atoms with E-state index in [1.807, 2.05) is 53.1 Å². The molecule has 0 aliphatic carbocycles. The zero-order valence-corrected chi connectivity index (χ0v) is 17.0. The van der Waals surface area contributed by atoms with Crippen molar-refractivity contribution in [3.05, 3.63) is 64.1 Å². The Balaban J connectivity index is 2.17. The van der Waals surface area contributed by atoms with Gasteiger partial charge in [-0.2, -0.15) is 0 Å². The largest absolute Gasteiger partial charge is 0.507 e. The van der Waals surface area contributed by atoms with Crippen LogP contribution in [0.25, 0.3) is 5.76 Å². The molecule has 0 spiro atoms. The number of carbonyl (C=O) groups is 2. The molecule has 1 amide bonds. The maximum atomic E-state index is 12.9. The van der Waals surface area contributed by atoms with Crippen molar-refractivity contribution < 1.29 is 24.0 Å². The number of benzene rings is 1. The molecule has 1 saturated heterocycles. The molecular weight excluding hydrogens is 356 g/mol. The molecule has 1 fully saturated rings. The molecule has 28 heavy (non-hydrogen) atoms. The van der Waals surface area contributed by atoms with Gasteiger partial charge in [0.2, 0.25) is 0 Å². The zero-order valence-electron chi connectivity index (χ0n) is 17.0. The lowest BCUT2D eigenvalue weighted by molar-refractivity contribution is -0.857. The van der Waals surface area contributed by atoms with Crippen molar-refractivity contribution in [1.82, 2.24) is 4.90 Å². The van der Waals surface area contributed by atoms with Crippen molar-refractivity contribution >= 4 is 17.4 Å². The summed E-state index contributed by atoms with van der Waals surface area (Å²) >= 11 is 0. The summed E-state index contributed by atoms with van der Waals surface area (Å²) < 4.78 is 5.77. The van der Waals surface area contributed by atoms with Gasteiger partial charge in [-0.25, -0.2) is 0 Å². The highest BCUT2D eigenvalue weighted by atomic mass is 16.3. The number of aliphatic hydroxyl groups is 1. The lowest BCUT2D eigenvalue weighted by Gasteiger charge is -2.23. The summed E-state index contributed by atoms with van der Waals surface area (Å²) in [5.74, 6) is -0.264. The molecule has 148 valence electrons. The first-order valence-corrected chi connectivity index (χ1v) is 9.42. The Morgan fingerprint density at radius 1 is 1.14 bits per heavy atom. The number of carbonyl (C=O) groups excluding carboxylic acids is 2. The van der Waals surface area contributed by atoms with Gasteiger partial charge in [0.15, 0.2) is 0 Å². The molecule has 1 aliphatic heterocycles. The lowest BCUT2D eigenvalue weighted by Crippen LogP contribution is -3.06. The van der Waals surface area contributed by atoms with Gasteiger partial charge in [0.25, 0.3) is 11.7 Å². The van der Waals surface area contributed by atoms with Crippen LogP contribution in [0.3, 0.4) is 0 Å². The van der Waals surface area contributed by atoms with Crippen LogP contribution in [0.15, 0.2) is 40.3 Å². The summed E-state index contributed by atoms with van der Waals surface area (Å²) in [5, 5.41) is 11.1. The molecule has 1 aromatic carbocycles. The smallest absolute Gasteiger partial charge is 0.295 e. The molecule has 0 saturated carbocycles. The van der Waals surface area contributed by atoms with Crippen LogP contribution in [-0.2, 0) is 9.59 Å². The van der Waals surface area contributed by atoms with Crippen LogP contribution in [0.5, 0.6) is 0 Å². The van der Waals surface area contributed by atoms with E-state index in [4.69, 9.17) is 4.42 Å². The Labute approximate surface area is 165 Å². The van der Waals surface area contributed by atoms with Crippen LogP contribution in [0, 0.1) is 20.8 Å². The second kappa shape index (κ2) is 7.64. The number of aryl methyl sites for hydroxylation is 3. The van der Waals surface area contributed by atoms with Crippen LogP contribution in [0.2, 0.25) is 0 Å². The molecule has 1 atom stereocenters. The number of amides is 1. The third-order valence-electron chi connectivity index (χ3n) is 5.07. The molecule has 2 aromatic rings. The topological polar surface area (TPSA) is 75.2 Å². The normalized spacial score (nSPS) is 19.1. The van der Waals surface area contributed by atoms with E-state index >= 15 is 0 Å². The summed E-state index contributed by atoms with van der Waals surface area (Å²) in [4.78, 5) is 28.4. The van der Waals surface area contributed by atoms with Crippen LogP contribution in [0.1, 0.15) is 34.3 Å². The lowest BCUT2D eigenvalue weighted by atomic mass is 9.96. The average molecular weight is 383 g/mol. The van der Waals surface area contributed by atoms with E-state index in [0.717, 1.165) is 16.0 Å². The number of ketones is 1. The Kier molecular flexibility index (Phi) is 5.42. The fourth-order valence-corrected chi connectivity index (χ4v) is 3.49. The van der Waals surface area contributed by atoms with Gasteiger partial charge >= 0.3 is 0 Å². The maximum Gasteiger partial charge on any atom is 0.295 e. The molecule has 0 radical (unpaired) electrons.